The number of sulfonamides is 1. The van der Waals surface area contributed by atoms with Gasteiger partial charge in [-0.2, -0.15) is 0 Å². The number of thiophene rings is 1. The lowest BCUT2D eigenvalue weighted by atomic mass is 9.98. The van der Waals surface area contributed by atoms with Gasteiger partial charge in [0.25, 0.3) is 0 Å². The van der Waals surface area contributed by atoms with Crippen molar-refractivity contribution in [2.75, 3.05) is 52.9 Å². The molecule has 9 heteroatoms. The number of amides is 2. The van der Waals surface area contributed by atoms with E-state index in [4.69, 9.17) is 0 Å². The summed E-state index contributed by atoms with van der Waals surface area (Å²) in [5.74, 6) is 0.167. The Balaban J connectivity index is 1.52. The number of nitrogens with zero attached hydrogens (tertiary/aromatic N) is 3. The Morgan fingerprint density at radius 3 is 2.68 bits per heavy atom. The molecule has 1 aromatic rings. The summed E-state index contributed by atoms with van der Waals surface area (Å²) in [7, 11) is -1.36. The van der Waals surface area contributed by atoms with Crippen LogP contribution in [-0.4, -0.2) is 82.0 Å². The van der Waals surface area contributed by atoms with Crippen molar-refractivity contribution in [3.8, 4) is 0 Å². The van der Waals surface area contributed by atoms with Crippen LogP contribution >= 0.6 is 11.3 Å². The summed E-state index contributed by atoms with van der Waals surface area (Å²) in [5, 5.41) is 1.76. The topological polar surface area (TPSA) is 73.0 Å². The van der Waals surface area contributed by atoms with Gasteiger partial charge < -0.3 is 14.7 Å². The summed E-state index contributed by atoms with van der Waals surface area (Å²) in [6.45, 7) is 5.11. The summed E-state index contributed by atoms with van der Waals surface area (Å²) in [4.78, 5) is 18.7. The maximum atomic E-state index is 12.7. The van der Waals surface area contributed by atoms with Crippen LogP contribution in [0, 0.1) is 5.92 Å². The second-order valence-corrected chi connectivity index (χ2v) is 9.75. The van der Waals surface area contributed by atoms with Gasteiger partial charge in [-0.25, -0.2) is 17.9 Å². The summed E-state index contributed by atoms with van der Waals surface area (Å²) >= 11 is 1.22. The Morgan fingerprint density at radius 1 is 1.24 bits per heavy atom. The Hall–Kier alpha value is -1.16. The fourth-order valence-corrected chi connectivity index (χ4v) is 5.47. The van der Waals surface area contributed by atoms with Gasteiger partial charge in [0.2, 0.25) is 10.0 Å². The molecular formula is C16H26N4O3S2. The predicted molar refractivity (Wildman–Crippen MR) is 98.3 cm³/mol. The zero-order valence-electron chi connectivity index (χ0n) is 14.6. The molecule has 0 bridgehead atoms. The van der Waals surface area contributed by atoms with Crippen molar-refractivity contribution in [2.24, 2.45) is 5.92 Å². The second kappa shape index (κ2) is 8.03. The van der Waals surface area contributed by atoms with E-state index in [0.717, 1.165) is 45.6 Å². The number of piperazine rings is 1. The number of hydrogen-bond acceptors (Lipinski definition) is 5. The highest BCUT2D eigenvalue weighted by molar-refractivity contribution is 7.91. The molecule has 140 valence electrons. The second-order valence-electron chi connectivity index (χ2n) is 6.81. The number of hydrogen-bond donors (Lipinski definition) is 1. The zero-order valence-corrected chi connectivity index (χ0v) is 16.2. The molecule has 2 aliphatic rings. The molecule has 2 amide bonds. The maximum absolute atomic E-state index is 12.7. The summed E-state index contributed by atoms with van der Waals surface area (Å²) in [6.07, 6.45) is 1.87. The van der Waals surface area contributed by atoms with E-state index in [1.807, 2.05) is 9.80 Å². The van der Waals surface area contributed by atoms with Crippen LogP contribution < -0.4 is 4.72 Å². The minimum Gasteiger partial charge on any atom is -0.324 e. The van der Waals surface area contributed by atoms with E-state index in [9.17, 15) is 13.2 Å². The molecule has 1 atom stereocenters. The molecule has 2 saturated heterocycles. The first-order chi connectivity index (χ1) is 12.0. The molecular weight excluding hydrogens is 360 g/mol. The van der Waals surface area contributed by atoms with Crippen molar-refractivity contribution in [3.63, 3.8) is 0 Å². The number of nitrogens with one attached hydrogen (secondary N) is 1. The quantitative estimate of drug-likeness (QED) is 0.841. The lowest BCUT2D eigenvalue weighted by Gasteiger charge is -2.39. The van der Waals surface area contributed by atoms with Crippen LogP contribution in [-0.2, 0) is 10.0 Å². The third kappa shape index (κ3) is 4.72. The number of urea groups is 1. The van der Waals surface area contributed by atoms with Gasteiger partial charge in [0, 0.05) is 45.8 Å². The van der Waals surface area contributed by atoms with Gasteiger partial charge in [-0.3, -0.25) is 0 Å². The number of likely N-dealkylation sites (N-methyl/N-ethyl adjacent to an activating group) is 1. The molecule has 0 radical (unpaired) electrons. The Labute approximate surface area is 153 Å². The van der Waals surface area contributed by atoms with Crippen LogP contribution in [0.5, 0.6) is 0 Å². The van der Waals surface area contributed by atoms with Crippen molar-refractivity contribution in [1.29, 1.82) is 0 Å². The van der Waals surface area contributed by atoms with E-state index >= 15 is 0 Å². The third-order valence-corrected chi connectivity index (χ3v) is 7.71. The Kier molecular flexibility index (Phi) is 5.98. The number of carbonyl (C=O) groups excluding carboxylic acids is 1. The number of carbonyl (C=O) groups is 1. The van der Waals surface area contributed by atoms with Gasteiger partial charge in [0.15, 0.2) is 0 Å². The summed E-state index contributed by atoms with van der Waals surface area (Å²) < 4.78 is 27.5. The highest BCUT2D eigenvalue weighted by Crippen LogP contribution is 2.20. The minimum atomic E-state index is -3.43. The molecule has 2 fully saturated rings. The van der Waals surface area contributed by atoms with Crippen LogP contribution in [0.25, 0.3) is 0 Å². The van der Waals surface area contributed by atoms with Gasteiger partial charge in [-0.15, -0.1) is 11.3 Å². The first kappa shape index (κ1) is 18.6. The van der Waals surface area contributed by atoms with E-state index in [1.54, 1.807) is 17.5 Å². The van der Waals surface area contributed by atoms with Crippen LogP contribution in [0.2, 0.25) is 0 Å². The number of rotatable bonds is 4. The molecule has 0 aromatic carbocycles. The van der Waals surface area contributed by atoms with E-state index < -0.39 is 10.0 Å². The van der Waals surface area contributed by atoms with Crippen molar-refractivity contribution in [1.82, 2.24) is 19.4 Å². The van der Waals surface area contributed by atoms with Crippen molar-refractivity contribution >= 4 is 27.4 Å². The van der Waals surface area contributed by atoms with E-state index in [2.05, 4.69) is 16.7 Å². The van der Waals surface area contributed by atoms with Crippen LogP contribution in [0.1, 0.15) is 12.8 Å². The Bertz CT molecular complexity index is 670. The largest absolute Gasteiger partial charge is 0.324 e. The summed E-state index contributed by atoms with van der Waals surface area (Å²) in [5.41, 5.74) is 0. The van der Waals surface area contributed by atoms with E-state index in [1.165, 1.54) is 11.3 Å². The monoisotopic (exact) mass is 386 g/mol. The van der Waals surface area contributed by atoms with Crippen LogP contribution in [0.15, 0.2) is 21.7 Å². The average molecular weight is 387 g/mol. The van der Waals surface area contributed by atoms with Gasteiger partial charge in [0.1, 0.15) is 4.21 Å². The molecule has 2 aliphatic heterocycles. The van der Waals surface area contributed by atoms with Gasteiger partial charge >= 0.3 is 6.03 Å². The molecule has 0 unspecified atom stereocenters. The maximum Gasteiger partial charge on any atom is 0.320 e. The standard InChI is InChI=1S/C16H26N4O3S2/c1-18-7-9-19(10-8-18)16(21)20-6-2-4-14(13-20)12-17-25(22,23)15-5-3-11-24-15/h3,5,11,14,17H,2,4,6-10,12-13H2,1H3/t14-/m0/s1. The molecule has 7 nitrogen and oxygen atoms in total. The first-order valence-corrected chi connectivity index (χ1v) is 11.1. The normalized spacial score (nSPS) is 23.0. The molecule has 3 rings (SSSR count). The van der Waals surface area contributed by atoms with Crippen LogP contribution in [0.3, 0.4) is 0 Å². The van der Waals surface area contributed by atoms with Gasteiger partial charge in [0.05, 0.1) is 0 Å². The average Bonchev–Trinajstić information content (AvgIpc) is 3.16. The molecule has 0 aliphatic carbocycles. The number of likely N-dealkylation sites (tertiary alicyclic amines) is 1. The molecule has 25 heavy (non-hydrogen) atoms. The predicted octanol–water partition coefficient (Wildman–Crippen LogP) is 1.11. The lowest BCUT2D eigenvalue weighted by Crippen LogP contribution is -2.54. The van der Waals surface area contributed by atoms with Gasteiger partial charge in [-0.1, -0.05) is 6.07 Å². The molecule has 3 heterocycles. The molecule has 0 saturated carbocycles. The zero-order chi connectivity index (χ0) is 17.9. The molecule has 0 spiro atoms. The molecule has 1 N–H and O–H groups in total. The van der Waals surface area contributed by atoms with E-state index in [-0.39, 0.29) is 11.9 Å². The van der Waals surface area contributed by atoms with Crippen LogP contribution in [0.4, 0.5) is 4.79 Å². The van der Waals surface area contributed by atoms with Crippen molar-refractivity contribution in [2.45, 2.75) is 17.1 Å². The minimum absolute atomic E-state index is 0.0962. The highest BCUT2D eigenvalue weighted by Gasteiger charge is 2.29. The third-order valence-electron chi connectivity index (χ3n) is 4.89. The lowest BCUT2D eigenvalue weighted by molar-refractivity contribution is 0.106. The fourth-order valence-electron chi connectivity index (χ4n) is 3.32. The van der Waals surface area contributed by atoms with Gasteiger partial charge in [-0.05, 0) is 37.3 Å². The summed E-state index contributed by atoms with van der Waals surface area (Å²) in [6, 6.07) is 3.44. The van der Waals surface area contributed by atoms with Crippen molar-refractivity contribution < 1.29 is 13.2 Å². The smallest absolute Gasteiger partial charge is 0.320 e. The van der Waals surface area contributed by atoms with Crippen molar-refractivity contribution in [3.05, 3.63) is 17.5 Å². The molecule has 1 aromatic heterocycles. The van der Waals surface area contributed by atoms with E-state index in [0.29, 0.717) is 17.3 Å². The fraction of sp³-hybridized carbons (Fsp3) is 0.688. The highest BCUT2D eigenvalue weighted by atomic mass is 32.2. The first-order valence-electron chi connectivity index (χ1n) is 8.71. The Morgan fingerprint density at radius 2 is 2.00 bits per heavy atom. The SMILES string of the molecule is CN1CCN(C(=O)N2CCC[C@@H](CNS(=O)(=O)c3cccs3)C2)CC1. The number of piperidine rings is 1.